The van der Waals surface area contributed by atoms with E-state index in [0.717, 1.165) is 30.0 Å². The van der Waals surface area contributed by atoms with Gasteiger partial charge in [0.1, 0.15) is 11.6 Å². The van der Waals surface area contributed by atoms with Gasteiger partial charge in [0.25, 0.3) is 0 Å². The number of rotatable bonds is 2. The topological polar surface area (TPSA) is 60.9 Å². The molecule has 1 aromatic carbocycles. The molecule has 0 N–H and O–H groups in total. The second-order valence-electron chi connectivity index (χ2n) is 6.94. The number of hydrogen-bond donors (Lipinski definition) is 0. The Balaban J connectivity index is 1.60. The number of piperidine rings is 1. The minimum absolute atomic E-state index is 0.0913. The van der Waals surface area contributed by atoms with Crippen LogP contribution in [-0.4, -0.2) is 30.8 Å². The number of nitrogens with zero attached hydrogens (tertiary/aromatic N) is 2. The molecule has 0 radical (unpaired) electrons. The third-order valence-electron chi connectivity index (χ3n) is 5.32. The molecule has 1 fully saturated rings. The Kier molecular flexibility index (Phi) is 3.69. The summed E-state index contributed by atoms with van der Waals surface area (Å²) >= 11 is 0. The molecule has 0 aliphatic carbocycles. The van der Waals surface area contributed by atoms with Crippen LogP contribution in [0.4, 0.5) is 5.82 Å². The highest BCUT2D eigenvalue weighted by molar-refractivity contribution is 5.79. The van der Waals surface area contributed by atoms with E-state index in [1.54, 1.807) is 6.07 Å². The number of anilines is 1. The van der Waals surface area contributed by atoms with E-state index in [1.165, 1.54) is 19.3 Å². The van der Waals surface area contributed by atoms with Crippen LogP contribution < -0.4 is 19.1 Å². The lowest BCUT2D eigenvalue weighted by atomic mass is 9.86. The van der Waals surface area contributed by atoms with Crippen molar-refractivity contribution in [2.24, 2.45) is 0 Å². The van der Waals surface area contributed by atoms with Crippen molar-refractivity contribution >= 4 is 11.8 Å². The first-order chi connectivity index (χ1) is 12.8. The molecule has 3 aliphatic heterocycles. The van der Waals surface area contributed by atoms with Crippen molar-refractivity contribution < 1.29 is 19.0 Å². The third kappa shape index (κ3) is 2.57. The van der Waals surface area contributed by atoms with Crippen LogP contribution in [0.1, 0.15) is 42.7 Å². The Hall–Kier alpha value is -2.76. The monoisotopic (exact) mass is 352 g/mol. The van der Waals surface area contributed by atoms with Crippen molar-refractivity contribution in [1.29, 1.82) is 0 Å². The molecule has 134 valence electrons. The lowest BCUT2D eigenvalue weighted by Gasteiger charge is -2.32. The number of benzene rings is 1. The zero-order chi connectivity index (χ0) is 17.5. The molecule has 26 heavy (non-hydrogen) atoms. The molecular weight excluding hydrogens is 332 g/mol. The molecule has 6 heteroatoms. The summed E-state index contributed by atoms with van der Waals surface area (Å²) in [5, 5.41) is 0. The first-order valence-electron chi connectivity index (χ1n) is 9.14. The Labute approximate surface area is 151 Å². The second-order valence-corrected chi connectivity index (χ2v) is 6.94. The molecule has 0 amide bonds. The first-order valence-corrected chi connectivity index (χ1v) is 9.14. The highest BCUT2D eigenvalue weighted by Gasteiger charge is 2.34. The van der Waals surface area contributed by atoms with E-state index in [2.05, 4.69) is 16.0 Å². The second kappa shape index (κ2) is 6.20. The van der Waals surface area contributed by atoms with Crippen LogP contribution in [0, 0.1) is 0 Å². The fourth-order valence-corrected chi connectivity index (χ4v) is 4.07. The van der Waals surface area contributed by atoms with E-state index in [-0.39, 0.29) is 18.7 Å². The van der Waals surface area contributed by atoms with Gasteiger partial charge in [-0.1, -0.05) is 6.07 Å². The van der Waals surface area contributed by atoms with Gasteiger partial charge < -0.3 is 19.1 Å². The highest BCUT2D eigenvalue weighted by Crippen LogP contribution is 2.47. The van der Waals surface area contributed by atoms with E-state index in [4.69, 9.17) is 14.2 Å². The molecule has 4 heterocycles. The minimum Gasteiger partial charge on any atom is -0.454 e. The van der Waals surface area contributed by atoms with Crippen molar-refractivity contribution in [2.75, 3.05) is 24.8 Å². The number of aromatic nitrogens is 1. The first kappa shape index (κ1) is 15.5. The summed E-state index contributed by atoms with van der Waals surface area (Å²) in [5.41, 5.74) is 2.03. The smallest absolute Gasteiger partial charge is 0.312 e. The standard InChI is InChI=1S/C20H20N2O4/c23-19-10-14(15-9-17-18(25-12-24-17)11-16(15)26-19)13-5-4-6-21-20(13)22-7-2-1-3-8-22/h4-6,9,11,14H,1-3,7-8,10,12H2/t14-/m0/s1. The normalized spacial score (nSPS) is 21.3. The Bertz CT molecular complexity index is 861. The van der Waals surface area contributed by atoms with Crippen molar-refractivity contribution in [3.05, 3.63) is 41.6 Å². The van der Waals surface area contributed by atoms with Gasteiger partial charge in [-0.3, -0.25) is 4.79 Å². The minimum atomic E-state index is -0.227. The fourth-order valence-electron chi connectivity index (χ4n) is 4.07. The fraction of sp³-hybridized carbons (Fsp3) is 0.400. The molecule has 0 spiro atoms. The summed E-state index contributed by atoms with van der Waals surface area (Å²) in [6.07, 6.45) is 5.76. The van der Waals surface area contributed by atoms with Crippen LogP contribution in [-0.2, 0) is 4.79 Å². The quantitative estimate of drug-likeness (QED) is 0.611. The summed E-state index contributed by atoms with van der Waals surface area (Å²) in [6, 6.07) is 7.73. The highest BCUT2D eigenvalue weighted by atomic mass is 16.7. The maximum Gasteiger partial charge on any atom is 0.312 e. The Morgan fingerprint density at radius 2 is 1.81 bits per heavy atom. The lowest BCUT2D eigenvalue weighted by molar-refractivity contribution is -0.135. The van der Waals surface area contributed by atoms with Gasteiger partial charge >= 0.3 is 5.97 Å². The Morgan fingerprint density at radius 3 is 2.65 bits per heavy atom. The molecule has 6 nitrogen and oxygen atoms in total. The zero-order valence-corrected chi connectivity index (χ0v) is 14.4. The van der Waals surface area contributed by atoms with Gasteiger partial charge in [-0.25, -0.2) is 4.98 Å². The lowest BCUT2D eigenvalue weighted by Crippen LogP contribution is -2.32. The van der Waals surface area contributed by atoms with Crippen molar-refractivity contribution in [1.82, 2.24) is 4.98 Å². The average molecular weight is 352 g/mol. The van der Waals surface area contributed by atoms with Gasteiger partial charge in [0, 0.05) is 42.4 Å². The van der Waals surface area contributed by atoms with Crippen LogP contribution in [0.2, 0.25) is 0 Å². The molecule has 0 saturated carbocycles. The molecule has 1 atom stereocenters. The molecule has 5 rings (SSSR count). The third-order valence-corrected chi connectivity index (χ3v) is 5.32. The summed E-state index contributed by atoms with van der Waals surface area (Å²) < 4.78 is 16.4. The molecule has 1 saturated heterocycles. The number of carbonyl (C=O) groups is 1. The number of esters is 1. The van der Waals surface area contributed by atoms with Crippen molar-refractivity contribution in [3.63, 3.8) is 0 Å². The molecular formula is C20H20N2O4. The number of fused-ring (bicyclic) bond motifs is 2. The maximum absolute atomic E-state index is 12.3. The van der Waals surface area contributed by atoms with Gasteiger partial charge in [0.2, 0.25) is 6.79 Å². The number of carbonyl (C=O) groups excluding carboxylic acids is 1. The largest absolute Gasteiger partial charge is 0.454 e. The molecule has 0 bridgehead atoms. The predicted octanol–water partition coefficient (Wildman–Crippen LogP) is 3.24. The zero-order valence-electron chi connectivity index (χ0n) is 14.4. The van der Waals surface area contributed by atoms with Gasteiger partial charge in [0.15, 0.2) is 11.5 Å². The van der Waals surface area contributed by atoms with Gasteiger partial charge in [-0.2, -0.15) is 0 Å². The summed E-state index contributed by atoms with van der Waals surface area (Å²) in [4.78, 5) is 19.3. The molecule has 1 aromatic heterocycles. The van der Waals surface area contributed by atoms with E-state index >= 15 is 0 Å². The van der Waals surface area contributed by atoms with Gasteiger partial charge in [-0.15, -0.1) is 0 Å². The molecule has 3 aliphatic rings. The number of hydrogen-bond acceptors (Lipinski definition) is 6. The molecule has 0 unspecified atom stereocenters. The summed E-state index contributed by atoms with van der Waals surface area (Å²) in [6.45, 7) is 2.22. The van der Waals surface area contributed by atoms with Crippen LogP contribution in [0.25, 0.3) is 0 Å². The predicted molar refractivity (Wildman–Crippen MR) is 95.0 cm³/mol. The average Bonchev–Trinajstić information content (AvgIpc) is 3.14. The van der Waals surface area contributed by atoms with Crippen LogP contribution in [0.5, 0.6) is 17.2 Å². The van der Waals surface area contributed by atoms with Crippen LogP contribution >= 0.6 is 0 Å². The van der Waals surface area contributed by atoms with Crippen LogP contribution in [0.15, 0.2) is 30.5 Å². The van der Waals surface area contributed by atoms with Gasteiger partial charge in [0.05, 0.1) is 6.42 Å². The summed E-state index contributed by atoms with van der Waals surface area (Å²) in [5.74, 6) is 2.55. The van der Waals surface area contributed by atoms with Gasteiger partial charge in [-0.05, 0) is 31.4 Å². The SMILES string of the molecule is O=C1C[C@@H](c2cccnc2N2CCCCC2)c2cc3c(cc2O1)OCO3. The maximum atomic E-state index is 12.3. The Morgan fingerprint density at radius 1 is 1.00 bits per heavy atom. The number of ether oxygens (including phenoxy) is 3. The van der Waals surface area contributed by atoms with Crippen LogP contribution in [0.3, 0.4) is 0 Å². The summed E-state index contributed by atoms with van der Waals surface area (Å²) in [7, 11) is 0. The van der Waals surface area contributed by atoms with Crippen molar-refractivity contribution in [2.45, 2.75) is 31.6 Å². The van der Waals surface area contributed by atoms with Crippen molar-refractivity contribution in [3.8, 4) is 17.2 Å². The molecule has 2 aromatic rings. The van der Waals surface area contributed by atoms with E-state index < -0.39 is 0 Å². The van der Waals surface area contributed by atoms with E-state index in [0.29, 0.717) is 23.7 Å². The number of pyridine rings is 1. The van der Waals surface area contributed by atoms with E-state index in [1.807, 2.05) is 18.3 Å². The van der Waals surface area contributed by atoms with E-state index in [9.17, 15) is 4.79 Å².